The highest BCUT2D eigenvalue weighted by molar-refractivity contribution is 8.03. The van der Waals surface area contributed by atoms with E-state index in [1.165, 1.54) is 22.1 Å². The number of allylic oxidation sites excluding steroid dienone is 1. The third-order valence-electron chi connectivity index (χ3n) is 7.44. The van der Waals surface area contributed by atoms with Crippen molar-refractivity contribution < 1.29 is 23.8 Å². The Labute approximate surface area is 324 Å². The highest BCUT2D eigenvalue weighted by Gasteiger charge is 2.11. The highest BCUT2D eigenvalue weighted by atomic mass is 32.2. The molecule has 0 aliphatic carbocycles. The van der Waals surface area contributed by atoms with Gasteiger partial charge in [-0.05, 0) is 121 Å². The Morgan fingerprint density at radius 2 is 1.40 bits per heavy atom. The average molecular weight is 737 g/mol. The molecule has 0 unspecified atom stereocenters. The maximum atomic E-state index is 12.7. The van der Waals surface area contributed by atoms with Crippen molar-refractivity contribution >= 4 is 29.8 Å². The van der Waals surface area contributed by atoms with Gasteiger partial charge in [0.05, 0.1) is 18.8 Å². The van der Waals surface area contributed by atoms with Gasteiger partial charge in [0.25, 0.3) is 0 Å². The van der Waals surface area contributed by atoms with Crippen molar-refractivity contribution in [2.75, 3.05) is 13.2 Å². The van der Waals surface area contributed by atoms with Gasteiger partial charge in [0.15, 0.2) is 0 Å². The molecule has 4 rings (SSSR count). The summed E-state index contributed by atoms with van der Waals surface area (Å²) in [5.74, 6) is 0.352. The normalized spacial score (nSPS) is 9.72. The van der Waals surface area contributed by atoms with Crippen LogP contribution in [0.4, 0.5) is 0 Å². The summed E-state index contributed by atoms with van der Waals surface area (Å²) < 4.78 is 16.3. The van der Waals surface area contributed by atoms with E-state index < -0.39 is 5.97 Å². The number of rotatable bonds is 17. The fraction of sp³-hybridized carbons (Fsp3) is 0.319. The van der Waals surface area contributed by atoms with Gasteiger partial charge >= 0.3 is 11.9 Å². The summed E-state index contributed by atoms with van der Waals surface area (Å²) in [6.07, 6.45) is 8.77. The summed E-state index contributed by atoms with van der Waals surface area (Å²) in [4.78, 5) is 26.1. The van der Waals surface area contributed by atoms with E-state index in [0.29, 0.717) is 30.3 Å². The number of aryl methyl sites for hydroxylation is 2. The SMILES string of the molecule is C=C(C)Sc1ccccc1C.C=CC(=O)OCCCCCCOc1ccc(C(=O)Oc2ccc(-c3ccc(CCC)cc3)c(C=C)c2)cc1.CC.CC. The number of benzene rings is 4. The van der Waals surface area contributed by atoms with Crippen molar-refractivity contribution in [1.82, 2.24) is 0 Å². The van der Waals surface area contributed by atoms with E-state index in [1.54, 1.807) is 48.2 Å². The molecule has 0 bridgehead atoms. The summed E-state index contributed by atoms with van der Waals surface area (Å²) in [5.41, 5.74) is 6.13. The molecule has 4 aromatic rings. The molecule has 0 heterocycles. The van der Waals surface area contributed by atoms with E-state index in [-0.39, 0.29) is 5.97 Å². The van der Waals surface area contributed by atoms with E-state index in [0.717, 1.165) is 60.1 Å². The van der Waals surface area contributed by atoms with E-state index in [1.807, 2.05) is 46.8 Å². The van der Waals surface area contributed by atoms with Crippen LogP contribution < -0.4 is 9.47 Å². The third-order valence-corrected chi connectivity index (χ3v) is 8.47. The molecule has 284 valence electrons. The fourth-order valence-corrected chi connectivity index (χ4v) is 5.62. The van der Waals surface area contributed by atoms with Crippen molar-refractivity contribution in [3.8, 4) is 22.6 Å². The minimum absolute atomic E-state index is 0.385. The van der Waals surface area contributed by atoms with Gasteiger partial charge in [-0.1, -0.05) is 127 Å². The van der Waals surface area contributed by atoms with E-state index in [9.17, 15) is 9.59 Å². The predicted octanol–water partition coefficient (Wildman–Crippen LogP) is 13.5. The first kappa shape index (κ1) is 46.2. The Balaban J connectivity index is 0.000000786. The van der Waals surface area contributed by atoms with Gasteiger partial charge in [-0.15, -0.1) is 0 Å². The summed E-state index contributed by atoms with van der Waals surface area (Å²) >= 11 is 1.73. The summed E-state index contributed by atoms with van der Waals surface area (Å²) in [6, 6.07) is 29.4. The molecule has 0 spiro atoms. The zero-order valence-corrected chi connectivity index (χ0v) is 33.9. The molecule has 0 aromatic heterocycles. The molecule has 0 amide bonds. The second-order valence-corrected chi connectivity index (χ2v) is 12.9. The molecule has 0 atom stereocenters. The molecule has 0 saturated carbocycles. The average Bonchev–Trinajstić information content (AvgIpc) is 3.19. The van der Waals surface area contributed by atoms with Crippen LogP contribution in [0.15, 0.2) is 127 Å². The van der Waals surface area contributed by atoms with E-state index in [4.69, 9.17) is 14.2 Å². The van der Waals surface area contributed by atoms with Crippen molar-refractivity contribution in [1.29, 1.82) is 0 Å². The molecule has 4 aromatic carbocycles. The minimum Gasteiger partial charge on any atom is -0.494 e. The van der Waals surface area contributed by atoms with Crippen LogP contribution in [0.1, 0.15) is 101 Å². The maximum Gasteiger partial charge on any atom is 0.343 e. The second-order valence-electron chi connectivity index (χ2n) is 11.5. The first-order valence-electron chi connectivity index (χ1n) is 18.7. The lowest BCUT2D eigenvalue weighted by Gasteiger charge is -2.11. The number of esters is 2. The van der Waals surface area contributed by atoms with Crippen LogP contribution in [0.2, 0.25) is 0 Å². The monoisotopic (exact) mass is 736 g/mol. The Morgan fingerprint density at radius 1 is 0.774 bits per heavy atom. The van der Waals surface area contributed by atoms with Gasteiger partial charge < -0.3 is 14.2 Å². The largest absolute Gasteiger partial charge is 0.494 e. The zero-order valence-electron chi connectivity index (χ0n) is 33.0. The molecule has 0 fully saturated rings. The topological polar surface area (TPSA) is 61.8 Å². The van der Waals surface area contributed by atoms with Crippen molar-refractivity contribution in [3.05, 3.63) is 144 Å². The predicted molar refractivity (Wildman–Crippen MR) is 227 cm³/mol. The fourth-order valence-electron chi connectivity index (χ4n) is 4.87. The highest BCUT2D eigenvalue weighted by Crippen LogP contribution is 2.30. The molecular formula is C47H60O5S. The lowest BCUT2D eigenvalue weighted by Crippen LogP contribution is -2.08. The quantitative estimate of drug-likeness (QED) is 0.0354. The first-order chi connectivity index (χ1) is 25.7. The summed E-state index contributed by atoms with van der Waals surface area (Å²) in [7, 11) is 0. The van der Waals surface area contributed by atoms with Crippen molar-refractivity contribution in [2.24, 2.45) is 0 Å². The number of carbonyl (C=O) groups is 2. The number of ether oxygens (including phenoxy) is 3. The Bertz CT molecular complexity index is 1670. The molecule has 0 saturated heterocycles. The van der Waals surface area contributed by atoms with Crippen LogP contribution in [0.3, 0.4) is 0 Å². The molecule has 6 heteroatoms. The summed E-state index contributed by atoms with van der Waals surface area (Å²) in [5, 5.41) is 0. The number of hydrogen-bond acceptors (Lipinski definition) is 6. The van der Waals surface area contributed by atoms with Gasteiger partial charge in [0.1, 0.15) is 11.5 Å². The molecule has 0 aliphatic heterocycles. The first-order valence-corrected chi connectivity index (χ1v) is 19.5. The Kier molecular flexibility index (Phi) is 24.2. The standard InChI is InChI=1S/C33H36O5.C10H12S.2C2H6/c1-4-11-25-12-14-27(15-13-25)31-21-20-30(24-26(31)5-2)38-33(35)28-16-18-29(19-17-28)36-22-9-7-8-10-23-37-32(34)6-3;1-8(2)11-10-7-5-4-6-9(10)3;2*1-2/h5-6,12-21,24H,2-4,7-11,22-23H2,1H3;4-7H,1H2,2-3H3;2*1-2H3. The van der Waals surface area contributed by atoms with Crippen LogP contribution in [-0.2, 0) is 16.0 Å². The molecule has 0 radical (unpaired) electrons. The number of carbonyl (C=O) groups excluding carboxylic acids is 2. The van der Waals surface area contributed by atoms with Crippen LogP contribution >= 0.6 is 11.8 Å². The molecule has 0 aliphatic rings. The lowest BCUT2D eigenvalue weighted by atomic mass is 9.97. The van der Waals surface area contributed by atoms with Crippen LogP contribution in [0, 0.1) is 6.92 Å². The number of hydrogen-bond donors (Lipinski definition) is 0. The van der Waals surface area contributed by atoms with Gasteiger partial charge in [0.2, 0.25) is 0 Å². The van der Waals surface area contributed by atoms with Gasteiger partial charge in [0, 0.05) is 11.0 Å². The van der Waals surface area contributed by atoms with Crippen molar-refractivity contribution in [3.63, 3.8) is 0 Å². The smallest absolute Gasteiger partial charge is 0.343 e. The van der Waals surface area contributed by atoms with E-state index in [2.05, 4.69) is 82.1 Å². The zero-order chi connectivity index (χ0) is 39.4. The molecule has 0 N–H and O–H groups in total. The number of thioether (sulfide) groups is 1. The van der Waals surface area contributed by atoms with Crippen molar-refractivity contribution in [2.45, 2.75) is 91.9 Å². The minimum atomic E-state index is -0.430. The van der Waals surface area contributed by atoms with Crippen LogP contribution in [0.5, 0.6) is 11.5 Å². The van der Waals surface area contributed by atoms with Gasteiger partial charge in [-0.2, -0.15) is 0 Å². The second kappa shape index (κ2) is 27.8. The van der Waals surface area contributed by atoms with Crippen LogP contribution in [-0.4, -0.2) is 25.2 Å². The lowest BCUT2D eigenvalue weighted by molar-refractivity contribution is -0.137. The summed E-state index contributed by atoms with van der Waals surface area (Å²) in [6.45, 7) is 26.5. The maximum absolute atomic E-state index is 12.7. The van der Waals surface area contributed by atoms with Crippen LogP contribution in [0.25, 0.3) is 17.2 Å². The van der Waals surface area contributed by atoms with E-state index >= 15 is 0 Å². The van der Waals surface area contributed by atoms with Gasteiger partial charge in [-0.3, -0.25) is 0 Å². The third kappa shape index (κ3) is 18.0. The Hall–Kier alpha value is -4.81. The molecule has 5 nitrogen and oxygen atoms in total. The molecular weight excluding hydrogens is 677 g/mol. The van der Waals surface area contributed by atoms with Gasteiger partial charge in [-0.25, -0.2) is 9.59 Å². The molecule has 53 heavy (non-hydrogen) atoms. The Morgan fingerprint density at radius 3 is 1.98 bits per heavy atom. The number of unbranched alkanes of at least 4 members (excludes halogenated alkanes) is 3.